The summed E-state index contributed by atoms with van der Waals surface area (Å²) in [4.78, 5) is 3.77. The van der Waals surface area contributed by atoms with Gasteiger partial charge >= 0.3 is 6.18 Å². The summed E-state index contributed by atoms with van der Waals surface area (Å²) in [5.41, 5.74) is 0.180. The minimum atomic E-state index is -4.36. The fraction of sp³-hybridized carbons (Fsp3) is 0.278. The second kappa shape index (κ2) is 7.49. The first-order valence-corrected chi connectivity index (χ1v) is 8.48. The number of hydrogen-bond acceptors (Lipinski definition) is 2. The van der Waals surface area contributed by atoms with Crippen molar-refractivity contribution >= 4 is 28.7 Å². The molecule has 1 N–H and O–H groups in total. The normalized spacial score (nSPS) is 15.1. The fourth-order valence-corrected chi connectivity index (χ4v) is 3.10. The van der Waals surface area contributed by atoms with E-state index in [1.807, 2.05) is 9.80 Å². The molecular formula is C18H17F4N3S. The Morgan fingerprint density at radius 2 is 1.65 bits per heavy atom. The Bertz CT molecular complexity index is 786. The highest BCUT2D eigenvalue weighted by molar-refractivity contribution is 7.80. The van der Waals surface area contributed by atoms with Crippen molar-refractivity contribution in [3.8, 4) is 0 Å². The predicted molar refractivity (Wildman–Crippen MR) is 97.9 cm³/mol. The van der Waals surface area contributed by atoms with Crippen molar-refractivity contribution in [3.63, 3.8) is 0 Å². The highest BCUT2D eigenvalue weighted by Gasteiger charge is 2.31. The Balaban J connectivity index is 1.61. The maximum absolute atomic E-state index is 13.7. The summed E-state index contributed by atoms with van der Waals surface area (Å²) in [5, 5.41) is 3.28. The Hall–Kier alpha value is -2.35. The molecule has 0 unspecified atom stereocenters. The van der Waals surface area contributed by atoms with E-state index in [0.717, 1.165) is 12.1 Å². The van der Waals surface area contributed by atoms with Gasteiger partial charge in [0, 0.05) is 31.9 Å². The van der Waals surface area contributed by atoms with Crippen LogP contribution in [0.15, 0.2) is 48.5 Å². The molecule has 3 rings (SSSR count). The van der Waals surface area contributed by atoms with E-state index in [9.17, 15) is 17.6 Å². The topological polar surface area (TPSA) is 18.5 Å². The lowest BCUT2D eigenvalue weighted by Gasteiger charge is -2.37. The number of hydrogen-bond donors (Lipinski definition) is 1. The van der Waals surface area contributed by atoms with Crippen LogP contribution >= 0.6 is 12.2 Å². The number of halogens is 4. The molecule has 2 aromatic carbocycles. The first kappa shape index (κ1) is 18.4. The van der Waals surface area contributed by atoms with Crippen LogP contribution in [0.1, 0.15) is 5.56 Å². The van der Waals surface area contributed by atoms with Crippen LogP contribution in [-0.4, -0.2) is 36.2 Å². The second-order valence-corrected chi connectivity index (χ2v) is 6.32. The molecule has 2 aromatic rings. The average Bonchev–Trinajstić information content (AvgIpc) is 2.63. The van der Waals surface area contributed by atoms with Crippen LogP contribution in [0, 0.1) is 5.82 Å². The summed E-state index contributed by atoms with van der Waals surface area (Å²) in [6.45, 7) is 2.13. The summed E-state index contributed by atoms with van der Waals surface area (Å²) in [7, 11) is 0. The van der Waals surface area contributed by atoms with Gasteiger partial charge in [-0.3, -0.25) is 0 Å². The van der Waals surface area contributed by atoms with Gasteiger partial charge in [0.25, 0.3) is 0 Å². The predicted octanol–water partition coefficient (Wildman–Crippen LogP) is 4.36. The number of nitrogens with one attached hydrogen (secondary N) is 1. The molecule has 26 heavy (non-hydrogen) atoms. The zero-order valence-electron chi connectivity index (χ0n) is 13.8. The van der Waals surface area contributed by atoms with Gasteiger partial charge in [-0.15, -0.1) is 0 Å². The largest absolute Gasteiger partial charge is 0.416 e. The minimum absolute atomic E-state index is 0.304. The Kier molecular flexibility index (Phi) is 5.31. The van der Waals surface area contributed by atoms with E-state index >= 15 is 0 Å². The summed E-state index contributed by atoms with van der Waals surface area (Å²) < 4.78 is 52.3. The molecule has 0 aromatic heterocycles. The van der Waals surface area contributed by atoms with E-state index in [4.69, 9.17) is 12.2 Å². The van der Waals surface area contributed by atoms with Gasteiger partial charge in [-0.25, -0.2) is 4.39 Å². The summed E-state index contributed by atoms with van der Waals surface area (Å²) in [6, 6.07) is 11.5. The number of thiocarbonyl (C=S) groups is 1. The molecule has 1 heterocycles. The zero-order chi connectivity index (χ0) is 18.7. The second-order valence-electron chi connectivity index (χ2n) is 5.93. The molecule has 0 aliphatic carbocycles. The van der Waals surface area contributed by atoms with Gasteiger partial charge in [0.2, 0.25) is 0 Å². The molecule has 8 heteroatoms. The first-order valence-electron chi connectivity index (χ1n) is 8.07. The molecule has 1 aliphatic rings. The third-order valence-electron chi connectivity index (χ3n) is 4.22. The summed E-state index contributed by atoms with van der Waals surface area (Å²) in [6.07, 6.45) is -4.36. The average molecular weight is 383 g/mol. The molecule has 1 aliphatic heterocycles. The molecule has 0 bridgehead atoms. The van der Waals surface area contributed by atoms with Gasteiger partial charge in [0.05, 0.1) is 11.3 Å². The molecule has 0 saturated carbocycles. The lowest BCUT2D eigenvalue weighted by atomic mass is 10.1. The van der Waals surface area contributed by atoms with Crippen molar-refractivity contribution in [2.24, 2.45) is 0 Å². The number of nitrogens with zero attached hydrogens (tertiary/aromatic N) is 2. The standard InChI is InChI=1S/C18H17F4N3S/c19-15-6-1-2-7-16(15)23-17(26)25-10-8-24(9-11-25)14-5-3-4-13(12-14)18(20,21)22/h1-7,12H,8-11H2,(H,23,26). The third kappa shape index (κ3) is 4.24. The Morgan fingerprint density at radius 1 is 0.962 bits per heavy atom. The van der Waals surface area contributed by atoms with Gasteiger partial charge in [-0.1, -0.05) is 18.2 Å². The number of anilines is 2. The monoisotopic (exact) mass is 383 g/mol. The van der Waals surface area contributed by atoms with Crippen LogP contribution in [0.2, 0.25) is 0 Å². The number of benzene rings is 2. The Labute approximate surface area is 154 Å². The van der Waals surface area contributed by atoms with E-state index < -0.39 is 17.6 Å². The van der Waals surface area contributed by atoms with Crippen molar-refractivity contribution in [1.29, 1.82) is 0 Å². The van der Waals surface area contributed by atoms with Crippen molar-refractivity contribution in [1.82, 2.24) is 4.90 Å². The SMILES string of the molecule is Fc1ccccc1NC(=S)N1CCN(c2cccc(C(F)(F)F)c2)CC1. The zero-order valence-corrected chi connectivity index (χ0v) is 14.6. The minimum Gasteiger partial charge on any atom is -0.368 e. The van der Waals surface area contributed by atoms with Gasteiger partial charge < -0.3 is 15.1 Å². The van der Waals surface area contributed by atoms with Crippen LogP contribution in [0.4, 0.5) is 28.9 Å². The van der Waals surface area contributed by atoms with E-state index in [2.05, 4.69) is 5.32 Å². The third-order valence-corrected chi connectivity index (χ3v) is 4.58. The molecule has 1 fully saturated rings. The molecule has 1 saturated heterocycles. The summed E-state index contributed by atoms with van der Waals surface area (Å²) in [5.74, 6) is -0.391. The maximum atomic E-state index is 13.7. The van der Waals surface area contributed by atoms with Crippen molar-refractivity contribution in [2.75, 3.05) is 36.4 Å². The van der Waals surface area contributed by atoms with Crippen LogP contribution in [0.25, 0.3) is 0 Å². The van der Waals surface area contributed by atoms with Crippen LogP contribution in [0.5, 0.6) is 0 Å². The van der Waals surface area contributed by atoms with Crippen molar-refractivity contribution in [3.05, 3.63) is 59.9 Å². The fourth-order valence-electron chi connectivity index (χ4n) is 2.80. The molecule has 0 amide bonds. The van der Waals surface area contributed by atoms with Gasteiger partial charge in [0.1, 0.15) is 5.82 Å². The molecule has 3 nitrogen and oxygen atoms in total. The number of piperazine rings is 1. The Morgan fingerprint density at radius 3 is 2.31 bits per heavy atom. The summed E-state index contributed by atoms with van der Waals surface area (Å²) >= 11 is 5.32. The highest BCUT2D eigenvalue weighted by atomic mass is 32.1. The molecule has 0 radical (unpaired) electrons. The smallest absolute Gasteiger partial charge is 0.368 e. The lowest BCUT2D eigenvalue weighted by molar-refractivity contribution is -0.137. The highest BCUT2D eigenvalue weighted by Crippen LogP contribution is 2.31. The van der Waals surface area contributed by atoms with Crippen LogP contribution < -0.4 is 10.2 Å². The number of alkyl halides is 3. The van der Waals surface area contributed by atoms with Gasteiger partial charge in [-0.2, -0.15) is 13.2 Å². The number of para-hydroxylation sites is 1. The van der Waals surface area contributed by atoms with Crippen LogP contribution in [0.3, 0.4) is 0 Å². The van der Waals surface area contributed by atoms with E-state index in [1.54, 1.807) is 24.3 Å². The molecule has 0 atom stereocenters. The first-order chi connectivity index (χ1) is 12.3. The molecule has 138 valence electrons. The van der Waals surface area contributed by atoms with Crippen molar-refractivity contribution in [2.45, 2.75) is 6.18 Å². The number of rotatable bonds is 2. The quantitative estimate of drug-likeness (QED) is 0.613. The van der Waals surface area contributed by atoms with E-state index in [0.29, 0.717) is 42.7 Å². The molecule has 0 spiro atoms. The van der Waals surface area contributed by atoms with Crippen LogP contribution in [-0.2, 0) is 6.18 Å². The van der Waals surface area contributed by atoms with Gasteiger partial charge in [0.15, 0.2) is 5.11 Å². The maximum Gasteiger partial charge on any atom is 0.416 e. The lowest BCUT2D eigenvalue weighted by Crippen LogP contribution is -2.50. The van der Waals surface area contributed by atoms with E-state index in [-0.39, 0.29) is 0 Å². The van der Waals surface area contributed by atoms with Crippen molar-refractivity contribution < 1.29 is 17.6 Å². The van der Waals surface area contributed by atoms with Gasteiger partial charge in [-0.05, 0) is 42.5 Å². The van der Waals surface area contributed by atoms with E-state index in [1.165, 1.54) is 12.1 Å². The molecular weight excluding hydrogens is 366 g/mol.